The highest BCUT2D eigenvalue weighted by Gasteiger charge is 2.27. The number of anilines is 1. The smallest absolute Gasteiger partial charge is 0.224 e. The summed E-state index contributed by atoms with van der Waals surface area (Å²) < 4.78 is 0. The van der Waals surface area contributed by atoms with E-state index in [0.717, 1.165) is 54.8 Å². The van der Waals surface area contributed by atoms with Gasteiger partial charge in [0.2, 0.25) is 5.91 Å². The van der Waals surface area contributed by atoms with Crippen molar-refractivity contribution in [2.24, 2.45) is 5.92 Å². The van der Waals surface area contributed by atoms with Crippen LogP contribution in [-0.4, -0.2) is 35.5 Å². The summed E-state index contributed by atoms with van der Waals surface area (Å²) in [5, 5.41) is 4.26. The number of aromatic nitrogens is 2. The molecular formula is C23H28N4OS. The van der Waals surface area contributed by atoms with Crippen molar-refractivity contribution < 1.29 is 4.79 Å². The van der Waals surface area contributed by atoms with E-state index in [1.54, 1.807) is 17.7 Å². The summed E-state index contributed by atoms with van der Waals surface area (Å²) in [6, 6.07) is 10.7. The van der Waals surface area contributed by atoms with Crippen LogP contribution in [0.25, 0.3) is 10.2 Å². The molecule has 1 atom stereocenters. The highest BCUT2D eigenvalue weighted by atomic mass is 32.1. The maximum absolute atomic E-state index is 12.8. The lowest BCUT2D eigenvalue weighted by molar-refractivity contribution is -0.125. The Balaban J connectivity index is 1.38. The van der Waals surface area contributed by atoms with Crippen molar-refractivity contribution in [1.82, 2.24) is 15.3 Å². The van der Waals surface area contributed by atoms with Gasteiger partial charge in [-0.05, 0) is 44.2 Å². The minimum Gasteiger partial charge on any atom is -0.355 e. The van der Waals surface area contributed by atoms with Crippen LogP contribution >= 0.6 is 11.3 Å². The lowest BCUT2D eigenvalue weighted by atomic mass is 9.97. The fourth-order valence-electron chi connectivity index (χ4n) is 3.93. The average Bonchev–Trinajstić information content (AvgIpc) is 3.18. The van der Waals surface area contributed by atoms with Gasteiger partial charge in [0.25, 0.3) is 0 Å². The standard InChI is InChI=1S/C23H28N4OS/c1-3-19-13-20-21(25-15-26-23(20)29-19)27-12-4-5-18(14-27)22(28)24-11-10-17-8-6-16(2)7-9-17/h6-9,13,15,18H,3-5,10-12,14H2,1-2H3,(H,24,28)/t18-/m0/s1. The Kier molecular flexibility index (Phi) is 6.09. The summed E-state index contributed by atoms with van der Waals surface area (Å²) in [6.07, 6.45) is 5.46. The van der Waals surface area contributed by atoms with Crippen LogP contribution in [0.1, 0.15) is 35.8 Å². The van der Waals surface area contributed by atoms with Crippen LogP contribution in [0.5, 0.6) is 0 Å². The Morgan fingerprint density at radius 2 is 2.10 bits per heavy atom. The van der Waals surface area contributed by atoms with Gasteiger partial charge in [-0.15, -0.1) is 11.3 Å². The average molecular weight is 409 g/mol. The topological polar surface area (TPSA) is 58.1 Å². The summed E-state index contributed by atoms with van der Waals surface area (Å²) in [5.74, 6) is 1.14. The molecule has 1 aliphatic rings. The second-order valence-electron chi connectivity index (χ2n) is 7.79. The maximum Gasteiger partial charge on any atom is 0.224 e. The van der Waals surface area contributed by atoms with Crippen molar-refractivity contribution in [3.05, 3.63) is 52.7 Å². The van der Waals surface area contributed by atoms with Crippen LogP contribution in [0.2, 0.25) is 0 Å². The minimum absolute atomic E-state index is 0.0102. The van der Waals surface area contributed by atoms with Crippen LogP contribution in [0.4, 0.5) is 5.82 Å². The van der Waals surface area contributed by atoms with E-state index in [-0.39, 0.29) is 11.8 Å². The lowest BCUT2D eigenvalue weighted by Crippen LogP contribution is -2.43. The second kappa shape index (κ2) is 8.91. The van der Waals surface area contributed by atoms with Gasteiger partial charge in [-0.1, -0.05) is 36.8 Å². The van der Waals surface area contributed by atoms with Crippen LogP contribution in [0, 0.1) is 12.8 Å². The SMILES string of the molecule is CCc1cc2c(N3CCC[C@H](C(=O)NCCc4ccc(C)cc4)C3)ncnc2s1. The Bertz CT molecular complexity index is 982. The predicted molar refractivity (Wildman–Crippen MR) is 120 cm³/mol. The molecule has 0 bridgehead atoms. The maximum atomic E-state index is 12.8. The summed E-state index contributed by atoms with van der Waals surface area (Å²) in [7, 11) is 0. The third kappa shape index (κ3) is 4.58. The Morgan fingerprint density at radius 3 is 2.90 bits per heavy atom. The zero-order chi connectivity index (χ0) is 20.2. The van der Waals surface area contributed by atoms with E-state index in [2.05, 4.69) is 64.4 Å². The quantitative estimate of drug-likeness (QED) is 0.666. The number of fused-ring (bicyclic) bond motifs is 1. The third-order valence-corrected chi connectivity index (χ3v) is 6.82. The van der Waals surface area contributed by atoms with Gasteiger partial charge in [-0.2, -0.15) is 0 Å². The van der Waals surface area contributed by atoms with Crippen molar-refractivity contribution >= 4 is 33.3 Å². The molecule has 1 amide bonds. The summed E-state index contributed by atoms with van der Waals surface area (Å²) >= 11 is 1.74. The second-order valence-corrected chi connectivity index (χ2v) is 8.91. The molecule has 1 N–H and O–H groups in total. The summed E-state index contributed by atoms with van der Waals surface area (Å²) in [4.78, 5) is 26.4. The van der Waals surface area contributed by atoms with E-state index >= 15 is 0 Å². The van der Waals surface area contributed by atoms with Gasteiger partial charge in [0, 0.05) is 24.5 Å². The largest absolute Gasteiger partial charge is 0.355 e. The predicted octanol–water partition coefficient (Wildman–Crippen LogP) is 4.14. The van der Waals surface area contributed by atoms with Gasteiger partial charge >= 0.3 is 0 Å². The Hall–Kier alpha value is -2.47. The van der Waals surface area contributed by atoms with Gasteiger partial charge in [-0.25, -0.2) is 9.97 Å². The molecule has 29 heavy (non-hydrogen) atoms. The molecule has 0 saturated carbocycles. The molecule has 3 aromatic rings. The molecule has 3 heterocycles. The molecule has 0 spiro atoms. The number of hydrogen-bond acceptors (Lipinski definition) is 5. The van der Waals surface area contributed by atoms with Gasteiger partial charge in [0.05, 0.1) is 11.3 Å². The lowest BCUT2D eigenvalue weighted by Gasteiger charge is -2.33. The minimum atomic E-state index is 0.0102. The molecule has 0 aliphatic carbocycles. The highest BCUT2D eigenvalue weighted by molar-refractivity contribution is 7.18. The number of aryl methyl sites for hydroxylation is 2. The first-order valence-electron chi connectivity index (χ1n) is 10.5. The van der Waals surface area contributed by atoms with E-state index in [0.29, 0.717) is 6.54 Å². The number of benzene rings is 1. The van der Waals surface area contributed by atoms with Crippen molar-refractivity contribution in [1.29, 1.82) is 0 Å². The molecule has 0 radical (unpaired) electrons. The molecule has 0 unspecified atom stereocenters. The molecule has 4 rings (SSSR count). The number of rotatable bonds is 6. The zero-order valence-electron chi connectivity index (χ0n) is 17.1. The molecule has 1 saturated heterocycles. The van der Waals surface area contributed by atoms with Crippen molar-refractivity contribution in [2.75, 3.05) is 24.5 Å². The summed E-state index contributed by atoms with van der Waals surface area (Å²) in [5.41, 5.74) is 2.52. The van der Waals surface area contributed by atoms with Crippen molar-refractivity contribution in [3.8, 4) is 0 Å². The van der Waals surface area contributed by atoms with Gasteiger partial charge < -0.3 is 10.2 Å². The number of hydrogen-bond donors (Lipinski definition) is 1. The zero-order valence-corrected chi connectivity index (χ0v) is 18.0. The number of nitrogens with zero attached hydrogens (tertiary/aromatic N) is 3. The first-order valence-corrected chi connectivity index (χ1v) is 11.3. The molecular weight excluding hydrogens is 380 g/mol. The number of nitrogens with one attached hydrogen (secondary N) is 1. The fraction of sp³-hybridized carbons (Fsp3) is 0.435. The normalized spacial score (nSPS) is 16.9. The van der Waals surface area contributed by atoms with Crippen LogP contribution in [0.15, 0.2) is 36.7 Å². The number of carbonyl (C=O) groups is 1. The van der Waals surface area contributed by atoms with E-state index in [4.69, 9.17) is 0 Å². The molecule has 1 aliphatic heterocycles. The third-order valence-electron chi connectivity index (χ3n) is 5.63. The number of carbonyl (C=O) groups excluding carboxylic acids is 1. The monoisotopic (exact) mass is 408 g/mol. The van der Waals surface area contributed by atoms with E-state index < -0.39 is 0 Å². The Morgan fingerprint density at radius 1 is 1.28 bits per heavy atom. The Labute approximate surface area is 176 Å². The molecule has 1 fully saturated rings. The van der Waals surface area contributed by atoms with Crippen LogP contribution in [-0.2, 0) is 17.6 Å². The van der Waals surface area contributed by atoms with Gasteiger partial charge in [0.15, 0.2) is 0 Å². The first kappa shape index (κ1) is 19.8. The molecule has 2 aromatic heterocycles. The first-order chi connectivity index (χ1) is 14.1. The highest BCUT2D eigenvalue weighted by Crippen LogP contribution is 2.32. The van der Waals surface area contributed by atoms with Gasteiger partial charge in [-0.3, -0.25) is 4.79 Å². The van der Waals surface area contributed by atoms with Crippen molar-refractivity contribution in [3.63, 3.8) is 0 Å². The van der Waals surface area contributed by atoms with E-state index in [1.165, 1.54) is 16.0 Å². The van der Waals surface area contributed by atoms with Crippen LogP contribution in [0.3, 0.4) is 0 Å². The van der Waals surface area contributed by atoms with E-state index in [9.17, 15) is 4.79 Å². The van der Waals surface area contributed by atoms with Crippen molar-refractivity contribution in [2.45, 2.75) is 39.5 Å². The molecule has 1 aromatic carbocycles. The molecule has 152 valence electrons. The molecule has 5 nitrogen and oxygen atoms in total. The van der Waals surface area contributed by atoms with Gasteiger partial charge in [0.1, 0.15) is 17.0 Å². The van der Waals surface area contributed by atoms with E-state index in [1.807, 2.05) is 0 Å². The number of piperidine rings is 1. The number of amides is 1. The van der Waals surface area contributed by atoms with Crippen LogP contribution < -0.4 is 10.2 Å². The fourth-order valence-corrected chi connectivity index (χ4v) is 4.86. The summed E-state index contributed by atoms with van der Waals surface area (Å²) in [6.45, 7) is 6.59. The molecule has 6 heteroatoms. The number of thiophene rings is 1.